The highest BCUT2D eigenvalue weighted by atomic mass is 19.4. The molecule has 0 radical (unpaired) electrons. The van der Waals surface area contributed by atoms with Gasteiger partial charge in [-0.05, 0) is 18.6 Å². The molecule has 1 aromatic carbocycles. The Labute approximate surface area is 108 Å². The summed E-state index contributed by atoms with van der Waals surface area (Å²) >= 11 is 0. The Morgan fingerprint density at radius 1 is 1.26 bits per heavy atom. The number of nitrogens with two attached hydrogens (primary N) is 1. The molecule has 104 valence electrons. The van der Waals surface area contributed by atoms with Crippen molar-refractivity contribution in [2.75, 3.05) is 13.2 Å². The summed E-state index contributed by atoms with van der Waals surface area (Å²) in [6, 6.07) is 3.69. The van der Waals surface area contributed by atoms with E-state index in [0.29, 0.717) is 5.56 Å². The number of alkyl halides is 3. The molecule has 0 unspecified atom stereocenters. The molecular formula is C13H13F4NO. The molecule has 0 fully saturated rings. The van der Waals surface area contributed by atoms with Gasteiger partial charge < -0.3 is 10.5 Å². The van der Waals surface area contributed by atoms with E-state index in [0.717, 1.165) is 6.07 Å². The second kappa shape index (κ2) is 7.00. The summed E-state index contributed by atoms with van der Waals surface area (Å²) in [6.45, 7) is -0.0227. The standard InChI is InChI=1S/C13H13F4NO/c14-11-5-4-10(3-1-7-18)12(9-11)19-8-2-6-13(15,16)17/h4-5,9H,2,6-8,18H2. The molecule has 0 bridgehead atoms. The first kappa shape index (κ1) is 15.3. The average Bonchev–Trinajstić information content (AvgIpc) is 2.32. The SMILES string of the molecule is NCC#Cc1ccc(F)cc1OCCCC(F)(F)F. The zero-order valence-electron chi connectivity index (χ0n) is 10.1. The lowest BCUT2D eigenvalue weighted by Gasteiger charge is -2.09. The molecule has 1 rings (SSSR count). The fourth-order valence-electron chi connectivity index (χ4n) is 1.32. The molecule has 0 aliphatic heterocycles. The number of benzene rings is 1. The maximum atomic E-state index is 13.0. The van der Waals surface area contributed by atoms with Crippen LogP contribution in [0.3, 0.4) is 0 Å². The second-order valence-corrected chi connectivity index (χ2v) is 3.71. The fourth-order valence-corrected chi connectivity index (χ4v) is 1.32. The van der Waals surface area contributed by atoms with E-state index in [9.17, 15) is 17.6 Å². The van der Waals surface area contributed by atoms with Crippen LogP contribution in [0.2, 0.25) is 0 Å². The monoisotopic (exact) mass is 275 g/mol. The number of rotatable bonds is 4. The molecule has 2 N–H and O–H groups in total. The van der Waals surface area contributed by atoms with Gasteiger partial charge in [-0.15, -0.1) is 0 Å². The molecule has 0 spiro atoms. The van der Waals surface area contributed by atoms with E-state index in [4.69, 9.17) is 10.5 Å². The lowest BCUT2D eigenvalue weighted by atomic mass is 10.2. The molecule has 19 heavy (non-hydrogen) atoms. The third kappa shape index (κ3) is 6.11. The maximum Gasteiger partial charge on any atom is 0.389 e. The smallest absolute Gasteiger partial charge is 0.389 e. The minimum atomic E-state index is -4.21. The lowest BCUT2D eigenvalue weighted by molar-refractivity contribution is -0.136. The summed E-state index contributed by atoms with van der Waals surface area (Å²) in [6.07, 6.45) is -5.34. The summed E-state index contributed by atoms with van der Waals surface area (Å²) in [4.78, 5) is 0. The van der Waals surface area contributed by atoms with Crippen LogP contribution in [0.15, 0.2) is 18.2 Å². The van der Waals surface area contributed by atoms with Crippen LogP contribution >= 0.6 is 0 Å². The van der Waals surface area contributed by atoms with Gasteiger partial charge in [-0.25, -0.2) is 4.39 Å². The third-order valence-corrected chi connectivity index (χ3v) is 2.13. The van der Waals surface area contributed by atoms with Crippen LogP contribution < -0.4 is 10.5 Å². The van der Waals surface area contributed by atoms with E-state index in [1.54, 1.807) is 0 Å². The Bertz CT molecular complexity index is 474. The van der Waals surface area contributed by atoms with Crippen LogP contribution in [0.1, 0.15) is 18.4 Å². The zero-order chi connectivity index (χ0) is 14.3. The number of halogens is 4. The molecule has 0 aromatic heterocycles. The van der Waals surface area contributed by atoms with Crippen LogP contribution in [0.5, 0.6) is 5.75 Å². The van der Waals surface area contributed by atoms with E-state index in [2.05, 4.69) is 11.8 Å². The molecule has 0 heterocycles. The number of hydrogen-bond donors (Lipinski definition) is 1. The van der Waals surface area contributed by atoms with E-state index in [1.807, 2.05) is 0 Å². The first-order valence-electron chi connectivity index (χ1n) is 5.60. The van der Waals surface area contributed by atoms with Crippen molar-refractivity contribution in [1.82, 2.24) is 0 Å². The minimum absolute atomic E-state index is 0.128. The van der Waals surface area contributed by atoms with Gasteiger partial charge in [0.05, 0.1) is 18.7 Å². The van der Waals surface area contributed by atoms with Crippen molar-refractivity contribution in [2.24, 2.45) is 5.73 Å². The van der Waals surface area contributed by atoms with Crippen LogP contribution in [-0.2, 0) is 0 Å². The Morgan fingerprint density at radius 3 is 2.63 bits per heavy atom. The van der Waals surface area contributed by atoms with Crippen LogP contribution in [0.4, 0.5) is 17.6 Å². The molecule has 1 aromatic rings. The summed E-state index contributed by atoms with van der Waals surface area (Å²) in [5.74, 6) is 4.83. The van der Waals surface area contributed by atoms with Gasteiger partial charge in [0, 0.05) is 12.5 Å². The van der Waals surface area contributed by atoms with Crippen LogP contribution in [0.25, 0.3) is 0 Å². The predicted molar refractivity (Wildman–Crippen MR) is 63.1 cm³/mol. The zero-order valence-corrected chi connectivity index (χ0v) is 10.1. The largest absolute Gasteiger partial charge is 0.492 e. The second-order valence-electron chi connectivity index (χ2n) is 3.71. The first-order chi connectivity index (χ1) is 8.92. The molecule has 2 nitrogen and oxygen atoms in total. The van der Waals surface area contributed by atoms with Gasteiger partial charge >= 0.3 is 6.18 Å². The van der Waals surface area contributed by atoms with Crippen molar-refractivity contribution >= 4 is 0 Å². The molecule has 0 aliphatic rings. The molecule has 0 saturated heterocycles. The van der Waals surface area contributed by atoms with Gasteiger partial charge in [0.1, 0.15) is 11.6 Å². The number of ether oxygens (including phenoxy) is 1. The lowest BCUT2D eigenvalue weighted by Crippen LogP contribution is -2.10. The van der Waals surface area contributed by atoms with Crippen LogP contribution in [0, 0.1) is 17.7 Å². The molecule has 0 amide bonds. The van der Waals surface area contributed by atoms with Crippen molar-refractivity contribution < 1.29 is 22.3 Å². The van der Waals surface area contributed by atoms with Crippen molar-refractivity contribution in [1.29, 1.82) is 0 Å². The highest BCUT2D eigenvalue weighted by Gasteiger charge is 2.26. The Kier molecular flexibility index (Phi) is 5.64. The average molecular weight is 275 g/mol. The van der Waals surface area contributed by atoms with E-state index in [-0.39, 0.29) is 25.3 Å². The van der Waals surface area contributed by atoms with E-state index < -0.39 is 18.4 Å². The van der Waals surface area contributed by atoms with Crippen molar-refractivity contribution in [2.45, 2.75) is 19.0 Å². The maximum absolute atomic E-state index is 13.0. The van der Waals surface area contributed by atoms with Crippen molar-refractivity contribution in [3.8, 4) is 17.6 Å². The summed E-state index contributed by atoms with van der Waals surface area (Å²) in [5.41, 5.74) is 5.61. The van der Waals surface area contributed by atoms with Crippen molar-refractivity contribution in [3.05, 3.63) is 29.6 Å². The normalized spacial score (nSPS) is 10.8. The highest BCUT2D eigenvalue weighted by Crippen LogP contribution is 2.23. The number of hydrogen-bond acceptors (Lipinski definition) is 2. The van der Waals surface area contributed by atoms with Gasteiger partial charge in [-0.2, -0.15) is 13.2 Å². The Morgan fingerprint density at radius 2 is 2.00 bits per heavy atom. The van der Waals surface area contributed by atoms with Gasteiger partial charge in [-0.1, -0.05) is 11.8 Å². The molecule has 6 heteroatoms. The first-order valence-corrected chi connectivity index (χ1v) is 5.60. The summed E-state index contributed by atoms with van der Waals surface area (Å²) < 4.78 is 54.0. The fraction of sp³-hybridized carbons (Fsp3) is 0.385. The Hall–Kier alpha value is -1.74. The minimum Gasteiger partial charge on any atom is -0.492 e. The summed E-state index contributed by atoms with van der Waals surface area (Å²) in [5, 5.41) is 0. The Balaban J connectivity index is 2.63. The topological polar surface area (TPSA) is 35.2 Å². The van der Waals surface area contributed by atoms with Gasteiger partial charge in [-0.3, -0.25) is 0 Å². The van der Waals surface area contributed by atoms with E-state index >= 15 is 0 Å². The highest BCUT2D eigenvalue weighted by molar-refractivity contribution is 5.46. The molecular weight excluding hydrogens is 262 g/mol. The van der Waals surface area contributed by atoms with Gasteiger partial charge in [0.15, 0.2) is 0 Å². The molecule has 0 aliphatic carbocycles. The van der Waals surface area contributed by atoms with Gasteiger partial charge in [0.25, 0.3) is 0 Å². The quantitative estimate of drug-likeness (QED) is 0.521. The summed E-state index contributed by atoms with van der Waals surface area (Å²) in [7, 11) is 0. The third-order valence-electron chi connectivity index (χ3n) is 2.13. The predicted octanol–water partition coefficient (Wildman–Crippen LogP) is 2.86. The van der Waals surface area contributed by atoms with Crippen LogP contribution in [-0.4, -0.2) is 19.3 Å². The van der Waals surface area contributed by atoms with E-state index in [1.165, 1.54) is 12.1 Å². The molecule has 0 atom stereocenters. The van der Waals surface area contributed by atoms with Gasteiger partial charge in [0.2, 0.25) is 0 Å². The van der Waals surface area contributed by atoms with Crippen molar-refractivity contribution in [3.63, 3.8) is 0 Å². The molecule has 0 saturated carbocycles.